The Kier molecular flexibility index (Phi) is 4.63. The van der Waals surface area contributed by atoms with Crippen LogP contribution in [-0.4, -0.2) is 41.1 Å². The van der Waals surface area contributed by atoms with Gasteiger partial charge in [0.2, 0.25) is 0 Å². The number of aliphatic carboxylic acids is 1. The lowest BCUT2D eigenvalue weighted by molar-refractivity contribution is -0.148. The van der Waals surface area contributed by atoms with Gasteiger partial charge in [-0.2, -0.15) is 0 Å². The number of carboxylic acids is 1. The van der Waals surface area contributed by atoms with Crippen molar-refractivity contribution in [2.45, 2.75) is 33.0 Å². The first-order chi connectivity index (χ1) is 9.92. The monoisotopic (exact) mass is 291 g/mol. The lowest BCUT2D eigenvalue weighted by Gasteiger charge is -2.23. The fraction of sp³-hybridized carbons (Fsp3) is 0.500. The maximum atomic E-state index is 12.3. The summed E-state index contributed by atoms with van der Waals surface area (Å²) in [6.07, 6.45) is -0.0826. The van der Waals surface area contributed by atoms with E-state index >= 15 is 0 Å². The maximum Gasteiger partial charge on any atom is 0.311 e. The number of amides is 1. The minimum absolute atomic E-state index is 0.143. The van der Waals surface area contributed by atoms with E-state index in [2.05, 4.69) is 0 Å². The van der Waals surface area contributed by atoms with Crippen molar-refractivity contribution in [2.24, 2.45) is 5.41 Å². The van der Waals surface area contributed by atoms with Gasteiger partial charge in [-0.3, -0.25) is 9.59 Å². The number of ether oxygens (including phenoxy) is 1. The fourth-order valence-electron chi connectivity index (χ4n) is 2.45. The number of likely N-dealkylation sites (tertiary alicyclic amines) is 1. The van der Waals surface area contributed by atoms with Crippen LogP contribution in [0.5, 0.6) is 0 Å². The molecule has 0 spiro atoms. The van der Waals surface area contributed by atoms with Crippen LogP contribution >= 0.6 is 0 Å². The van der Waals surface area contributed by atoms with E-state index in [0.29, 0.717) is 19.6 Å². The SMILES string of the molecule is CC(OCc1ccccc1)C(=O)N1CCC(C)(C(=O)O)C1. The second-order valence-corrected chi connectivity index (χ2v) is 5.81. The lowest BCUT2D eigenvalue weighted by Crippen LogP contribution is -2.40. The predicted molar refractivity (Wildman–Crippen MR) is 77.6 cm³/mol. The molecule has 0 saturated carbocycles. The molecule has 0 bridgehead atoms. The molecule has 1 fully saturated rings. The number of benzene rings is 1. The molecule has 1 saturated heterocycles. The normalized spacial score (nSPS) is 23.0. The van der Waals surface area contributed by atoms with Gasteiger partial charge in [-0.15, -0.1) is 0 Å². The van der Waals surface area contributed by atoms with Crippen molar-refractivity contribution in [3.8, 4) is 0 Å². The molecule has 2 unspecified atom stereocenters. The number of carbonyl (C=O) groups is 2. The van der Waals surface area contributed by atoms with Crippen LogP contribution in [0.3, 0.4) is 0 Å². The van der Waals surface area contributed by atoms with Crippen molar-refractivity contribution in [1.29, 1.82) is 0 Å². The van der Waals surface area contributed by atoms with Gasteiger partial charge in [0.25, 0.3) is 5.91 Å². The minimum atomic E-state index is -0.851. The summed E-state index contributed by atoms with van der Waals surface area (Å²) >= 11 is 0. The Labute approximate surface area is 124 Å². The Balaban J connectivity index is 1.87. The third kappa shape index (κ3) is 3.61. The molecule has 1 aliphatic heterocycles. The van der Waals surface area contributed by atoms with Crippen LogP contribution in [0.1, 0.15) is 25.8 Å². The molecule has 0 radical (unpaired) electrons. The molecule has 1 N–H and O–H groups in total. The largest absolute Gasteiger partial charge is 0.481 e. The molecule has 1 heterocycles. The van der Waals surface area contributed by atoms with Crippen molar-refractivity contribution in [1.82, 2.24) is 4.90 Å². The van der Waals surface area contributed by atoms with Gasteiger partial charge in [0.15, 0.2) is 0 Å². The van der Waals surface area contributed by atoms with Crippen LogP contribution in [0.15, 0.2) is 30.3 Å². The number of carboxylic acid groups (broad SMARTS) is 1. The highest BCUT2D eigenvalue weighted by atomic mass is 16.5. The number of carbonyl (C=O) groups excluding carboxylic acids is 1. The predicted octanol–water partition coefficient (Wildman–Crippen LogP) is 1.91. The van der Waals surface area contributed by atoms with Crippen molar-refractivity contribution >= 4 is 11.9 Å². The number of hydrogen-bond acceptors (Lipinski definition) is 3. The van der Waals surface area contributed by atoms with Gasteiger partial charge in [0.05, 0.1) is 12.0 Å². The highest BCUT2D eigenvalue weighted by molar-refractivity contribution is 5.83. The first-order valence-electron chi connectivity index (χ1n) is 7.10. The summed E-state index contributed by atoms with van der Waals surface area (Å²) in [5.41, 5.74) is 0.170. The van der Waals surface area contributed by atoms with Crippen LogP contribution in [0.4, 0.5) is 0 Å². The third-order valence-electron chi connectivity index (χ3n) is 3.99. The summed E-state index contributed by atoms with van der Waals surface area (Å²) in [6, 6.07) is 9.64. The average molecular weight is 291 g/mol. The van der Waals surface area contributed by atoms with E-state index in [9.17, 15) is 14.7 Å². The van der Waals surface area contributed by atoms with E-state index in [-0.39, 0.29) is 12.5 Å². The zero-order chi connectivity index (χ0) is 15.5. The van der Waals surface area contributed by atoms with Crippen molar-refractivity contribution in [3.05, 3.63) is 35.9 Å². The van der Waals surface area contributed by atoms with E-state index in [1.54, 1.807) is 18.7 Å². The van der Waals surface area contributed by atoms with E-state index in [1.807, 2.05) is 30.3 Å². The third-order valence-corrected chi connectivity index (χ3v) is 3.99. The number of hydrogen-bond donors (Lipinski definition) is 1. The average Bonchev–Trinajstić information content (AvgIpc) is 2.89. The lowest BCUT2D eigenvalue weighted by atomic mass is 9.90. The van der Waals surface area contributed by atoms with Gasteiger partial charge in [0.1, 0.15) is 6.10 Å². The standard InChI is InChI=1S/C16H21NO4/c1-12(21-10-13-6-4-3-5-7-13)14(18)17-9-8-16(2,11-17)15(19)20/h3-7,12H,8-11H2,1-2H3,(H,19,20). The minimum Gasteiger partial charge on any atom is -0.481 e. The topological polar surface area (TPSA) is 66.8 Å². The van der Waals surface area contributed by atoms with Crippen molar-refractivity contribution in [3.63, 3.8) is 0 Å². The summed E-state index contributed by atoms with van der Waals surface area (Å²) in [6.45, 7) is 4.48. The Morgan fingerprint density at radius 2 is 2.05 bits per heavy atom. The van der Waals surface area contributed by atoms with E-state index in [0.717, 1.165) is 5.56 Å². The number of rotatable bonds is 5. The molecule has 5 heteroatoms. The second kappa shape index (κ2) is 6.26. The molecule has 2 rings (SSSR count). The van der Waals surface area contributed by atoms with E-state index in [1.165, 1.54) is 0 Å². The Morgan fingerprint density at radius 3 is 2.62 bits per heavy atom. The van der Waals surface area contributed by atoms with Gasteiger partial charge >= 0.3 is 5.97 Å². The Hall–Kier alpha value is -1.88. The molecule has 21 heavy (non-hydrogen) atoms. The zero-order valence-electron chi connectivity index (χ0n) is 12.4. The van der Waals surface area contributed by atoms with Crippen LogP contribution in [0.25, 0.3) is 0 Å². The van der Waals surface area contributed by atoms with Gasteiger partial charge in [0, 0.05) is 13.1 Å². The Bertz CT molecular complexity index is 516. The van der Waals surface area contributed by atoms with Gasteiger partial charge < -0.3 is 14.7 Å². The first-order valence-corrected chi connectivity index (χ1v) is 7.10. The van der Waals surface area contributed by atoms with E-state index in [4.69, 9.17) is 4.74 Å². The van der Waals surface area contributed by atoms with E-state index < -0.39 is 17.5 Å². The van der Waals surface area contributed by atoms with Crippen LogP contribution in [-0.2, 0) is 20.9 Å². The number of nitrogens with zero attached hydrogens (tertiary/aromatic N) is 1. The van der Waals surface area contributed by atoms with Gasteiger partial charge in [-0.25, -0.2) is 0 Å². The molecular formula is C16H21NO4. The summed E-state index contributed by atoms with van der Waals surface area (Å²) in [5, 5.41) is 9.19. The van der Waals surface area contributed by atoms with Gasteiger partial charge in [-0.05, 0) is 25.8 Å². The Morgan fingerprint density at radius 1 is 1.38 bits per heavy atom. The van der Waals surface area contributed by atoms with Crippen LogP contribution < -0.4 is 0 Å². The second-order valence-electron chi connectivity index (χ2n) is 5.81. The molecule has 2 atom stereocenters. The first kappa shape index (κ1) is 15.5. The fourth-order valence-corrected chi connectivity index (χ4v) is 2.45. The summed E-state index contributed by atoms with van der Waals surface area (Å²) < 4.78 is 5.59. The summed E-state index contributed by atoms with van der Waals surface area (Å²) in [4.78, 5) is 25.1. The summed E-state index contributed by atoms with van der Waals surface area (Å²) in [7, 11) is 0. The molecular weight excluding hydrogens is 270 g/mol. The summed E-state index contributed by atoms with van der Waals surface area (Å²) in [5.74, 6) is -0.994. The molecule has 0 aliphatic carbocycles. The van der Waals surface area contributed by atoms with Crippen LogP contribution in [0, 0.1) is 5.41 Å². The highest BCUT2D eigenvalue weighted by Gasteiger charge is 2.42. The maximum absolute atomic E-state index is 12.3. The van der Waals surface area contributed by atoms with Crippen LogP contribution in [0.2, 0.25) is 0 Å². The molecule has 114 valence electrons. The van der Waals surface area contributed by atoms with Gasteiger partial charge in [-0.1, -0.05) is 30.3 Å². The quantitative estimate of drug-likeness (QED) is 0.900. The molecule has 1 aliphatic rings. The molecule has 1 amide bonds. The smallest absolute Gasteiger partial charge is 0.311 e. The van der Waals surface area contributed by atoms with Crippen molar-refractivity contribution in [2.75, 3.05) is 13.1 Å². The molecule has 1 aromatic rings. The molecule has 5 nitrogen and oxygen atoms in total. The molecule has 1 aromatic carbocycles. The molecule has 0 aromatic heterocycles. The highest BCUT2D eigenvalue weighted by Crippen LogP contribution is 2.30. The zero-order valence-corrected chi connectivity index (χ0v) is 12.4. The van der Waals surface area contributed by atoms with Crippen molar-refractivity contribution < 1.29 is 19.4 Å².